The first kappa shape index (κ1) is 15.1. The summed E-state index contributed by atoms with van der Waals surface area (Å²) < 4.78 is 12.1. The fraction of sp³-hybridized carbons (Fsp3) is 0.533. The molecular formula is C15H22BNO3. The molecule has 2 rings (SSSR count). The van der Waals surface area contributed by atoms with Crippen molar-refractivity contribution in [3.8, 4) is 0 Å². The summed E-state index contributed by atoms with van der Waals surface area (Å²) >= 11 is 0. The second kappa shape index (κ2) is 4.60. The highest BCUT2D eigenvalue weighted by Crippen LogP contribution is 2.37. The number of carbonyl (C=O) groups excluding carboxylic acids is 1. The summed E-state index contributed by atoms with van der Waals surface area (Å²) in [6.45, 7) is 11.9. The molecule has 1 aliphatic rings. The summed E-state index contributed by atoms with van der Waals surface area (Å²) in [5.41, 5.74) is 7.88. The second-order valence-corrected chi connectivity index (χ2v) is 6.42. The van der Waals surface area contributed by atoms with E-state index in [1.807, 2.05) is 47.6 Å². The summed E-state index contributed by atoms with van der Waals surface area (Å²) in [6, 6.07) is 3.63. The molecule has 2 N–H and O–H groups in total. The van der Waals surface area contributed by atoms with Crippen LogP contribution in [0.5, 0.6) is 0 Å². The van der Waals surface area contributed by atoms with Crippen molar-refractivity contribution >= 4 is 18.5 Å². The van der Waals surface area contributed by atoms with Gasteiger partial charge in [-0.05, 0) is 64.2 Å². The van der Waals surface area contributed by atoms with E-state index in [1.165, 1.54) is 0 Å². The standard InChI is InChI=1S/C15H22BNO3/c1-9-7-8-11(13(17)18)12(10(9)2)16-19-14(3,4)15(5,6)20-16/h7-8H,1-6H3,(H2,17,18). The van der Waals surface area contributed by atoms with E-state index in [1.54, 1.807) is 6.07 Å². The van der Waals surface area contributed by atoms with Crippen LogP contribution >= 0.6 is 0 Å². The number of amides is 1. The van der Waals surface area contributed by atoms with E-state index < -0.39 is 24.2 Å². The molecule has 0 spiro atoms. The fourth-order valence-electron chi connectivity index (χ4n) is 2.32. The number of benzene rings is 1. The van der Waals surface area contributed by atoms with Gasteiger partial charge < -0.3 is 15.0 Å². The minimum atomic E-state index is -0.567. The van der Waals surface area contributed by atoms with Gasteiger partial charge in [0.15, 0.2) is 0 Å². The van der Waals surface area contributed by atoms with Crippen LogP contribution in [-0.4, -0.2) is 24.2 Å². The Morgan fingerprint density at radius 3 is 2.05 bits per heavy atom. The van der Waals surface area contributed by atoms with Gasteiger partial charge in [-0.2, -0.15) is 0 Å². The molecule has 0 unspecified atom stereocenters. The maximum Gasteiger partial charge on any atom is 0.495 e. The van der Waals surface area contributed by atoms with Crippen molar-refractivity contribution in [1.82, 2.24) is 0 Å². The first-order valence-corrected chi connectivity index (χ1v) is 6.82. The van der Waals surface area contributed by atoms with E-state index >= 15 is 0 Å². The van der Waals surface area contributed by atoms with Gasteiger partial charge >= 0.3 is 7.12 Å². The van der Waals surface area contributed by atoms with E-state index in [-0.39, 0.29) is 0 Å². The maximum absolute atomic E-state index is 11.7. The quantitative estimate of drug-likeness (QED) is 0.836. The van der Waals surface area contributed by atoms with Gasteiger partial charge in [-0.3, -0.25) is 4.79 Å². The molecule has 1 amide bonds. The lowest BCUT2D eigenvalue weighted by Crippen LogP contribution is -2.41. The first-order chi connectivity index (χ1) is 9.07. The third-order valence-corrected chi connectivity index (χ3v) is 4.54. The summed E-state index contributed by atoms with van der Waals surface area (Å²) in [6.07, 6.45) is 0. The van der Waals surface area contributed by atoms with Crippen molar-refractivity contribution in [2.45, 2.75) is 52.7 Å². The molecule has 1 aromatic rings. The van der Waals surface area contributed by atoms with E-state index in [0.29, 0.717) is 5.56 Å². The Morgan fingerprint density at radius 2 is 1.60 bits per heavy atom. The summed E-state index contributed by atoms with van der Waals surface area (Å²) in [5, 5.41) is 0. The number of aryl methyl sites for hydroxylation is 1. The molecule has 0 aliphatic carbocycles. The molecule has 1 saturated heterocycles. The van der Waals surface area contributed by atoms with Crippen LogP contribution in [0.25, 0.3) is 0 Å². The van der Waals surface area contributed by atoms with Gasteiger partial charge in [0.2, 0.25) is 5.91 Å². The minimum Gasteiger partial charge on any atom is -0.399 e. The molecule has 0 aromatic heterocycles. The van der Waals surface area contributed by atoms with E-state index in [4.69, 9.17) is 15.0 Å². The van der Waals surface area contributed by atoms with Gasteiger partial charge in [0, 0.05) is 5.56 Å². The van der Waals surface area contributed by atoms with Crippen LogP contribution in [-0.2, 0) is 9.31 Å². The molecule has 0 radical (unpaired) electrons. The summed E-state index contributed by atoms with van der Waals surface area (Å²) in [7, 11) is -0.567. The number of nitrogens with two attached hydrogens (primary N) is 1. The van der Waals surface area contributed by atoms with Gasteiger partial charge in [0.05, 0.1) is 11.2 Å². The fourth-order valence-corrected chi connectivity index (χ4v) is 2.32. The van der Waals surface area contributed by atoms with Crippen LogP contribution in [0.4, 0.5) is 0 Å². The zero-order valence-electron chi connectivity index (χ0n) is 13.0. The van der Waals surface area contributed by atoms with E-state index in [9.17, 15) is 4.79 Å². The molecule has 108 valence electrons. The Morgan fingerprint density at radius 1 is 1.10 bits per heavy atom. The third-order valence-electron chi connectivity index (χ3n) is 4.54. The zero-order valence-corrected chi connectivity index (χ0v) is 13.0. The number of carbonyl (C=O) groups is 1. The Kier molecular flexibility index (Phi) is 3.47. The summed E-state index contributed by atoms with van der Waals surface area (Å²) in [4.78, 5) is 11.7. The van der Waals surface area contributed by atoms with Crippen molar-refractivity contribution in [3.63, 3.8) is 0 Å². The smallest absolute Gasteiger partial charge is 0.399 e. The van der Waals surface area contributed by atoms with Crippen LogP contribution in [0.2, 0.25) is 0 Å². The highest BCUT2D eigenvalue weighted by atomic mass is 16.7. The first-order valence-electron chi connectivity index (χ1n) is 6.82. The molecule has 1 heterocycles. The molecule has 0 bridgehead atoms. The van der Waals surface area contributed by atoms with Gasteiger partial charge in [-0.1, -0.05) is 6.07 Å². The van der Waals surface area contributed by atoms with Crippen molar-refractivity contribution in [2.24, 2.45) is 5.73 Å². The van der Waals surface area contributed by atoms with Crippen LogP contribution in [0, 0.1) is 13.8 Å². The molecule has 1 aliphatic heterocycles. The number of rotatable bonds is 2. The van der Waals surface area contributed by atoms with Crippen LogP contribution in [0.15, 0.2) is 12.1 Å². The van der Waals surface area contributed by atoms with Gasteiger partial charge in [-0.15, -0.1) is 0 Å². The maximum atomic E-state index is 11.7. The van der Waals surface area contributed by atoms with E-state index in [2.05, 4.69) is 0 Å². The number of hydrogen-bond donors (Lipinski definition) is 1. The zero-order chi connectivity index (χ0) is 15.3. The lowest BCUT2D eigenvalue weighted by Gasteiger charge is -2.32. The lowest BCUT2D eigenvalue weighted by atomic mass is 9.72. The topological polar surface area (TPSA) is 61.6 Å². The normalized spacial score (nSPS) is 20.2. The monoisotopic (exact) mass is 275 g/mol. The Hall–Kier alpha value is -1.33. The molecule has 1 fully saturated rings. The van der Waals surface area contributed by atoms with Crippen LogP contribution in [0.1, 0.15) is 49.2 Å². The van der Waals surface area contributed by atoms with Crippen LogP contribution < -0.4 is 11.2 Å². The number of primary amides is 1. The number of hydrogen-bond acceptors (Lipinski definition) is 3. The SMILES string of the molecule is Cc1ccc(C(N)=O)c(B2OC(C)(C)C(C)(C)O2)c1C. The van der Waals surface area contributed by atoms with Crippen molar-refractivity contribution in [3.05, 3.63) is 28.8 Å². The molecule has 0 atom stereocenters. The van der Waals surface area contributed by atoms with Crippen LogP contribution in [0.3, 0.4) is 0 Å². The molecular weight excluding hydrogens is 253 g/mol. The Bertz CT molecular complexity index is 550. The van der Waals surface area contributed by atoms with Crippen molar-refractivity contribution in [2.75, 3.05) is 0 Å². The molecule has 4 nitrogen and oxygen atoms in total. The van der Waals surface area contributed by atoms with E-state index in [0.717, 1.165) is 16.6 Å². The molecule has 1 aromatic carbocycles. The van der Waals surface area contributed by atoms with Crippen molar-refractivity contribution < 1.29 is 14.1 Å². The van der Waals surface area contributed by atoms with Crippen molar-refractivity contribution in [1.29, 1.82) is 0 Å². The van der Waals surface area contributed by atoms with Gasteiger partial charge in [-0.25, -0.2) is 0 Å². The minimum absolute atomic E-state index is 0.442. The molecule has 0 saturated carbocycles. The van der Waals surface area contributed by atoms with Gasteiger partial charge in [0.25, 0.3) is 0 Å². The Labute approximate surface area is 120 Å². The highest BCUT2D eigenvalue weighted by Gasteiger charge is 2.52. The second-order valence-electron chi connectivity index (χ2n) is 6.42. The lowest BCUT2D eigenvalue weighted by molar-refractivity contribution is 0.00578. The molecule has 5 heteroatoms. The predicted octanol–water partition coefficient (Wildman–Crippen LogP) is 1.70. The average molecular weight is 275 g/mol. The highest BCUT2D eigenvalue weighted by molar-refractivity contribution is 6.64. The largest absolute Gasteiger partial charge is 0.495 e. The molecule has 20 heavy (non-hydrogen) atoms. The third kappa shape index (κ3) is 2.25. The Balaban J connectivity index is 2.54. The summed E-state index contributed by atoms with van der Waals surface area (Å²) in [5.74, 6) is -0.460. The van der Waals surface area contributed by atoms with Gasteiger partial charge in [0.1, 0.15) is 0 Å². The predicted molar refractivity (Wildman–Crippen MR) is 80.1 cm³/mol. The average Bonchev–Trinajstić information content (AvgIpc) is 2.51.